The van der Waals surface area contributed by atoms with Crippen LogP contribution in [0.15, 0.2) is 47.3 Å². The maximum absolute atomic E-state index is 12.3. The summed E-state index contributed by atoms with van der Waals surface area (Å²) < 4.78 is 6.89. The lowest BCUT2D eigenvalue weighted by Gasteiger charge is -2.01. The van der Waals surface area contributed by atoms with Gasteiger partial charge in [-0.15, -0.1) is 5.10 Å². The van der Waals surface area contributed by atoms with Gasteiger partial charge in [-0.1, -0.05) is 37.3 Å². The summed E-state index contributed by atoms with van der Waals surface area (Å²) in [5.74, 6) is 1.37. The standard InChI is InChI=1S/C17H16N6O2/c1-2-12-8-14(21-20-12)25-10-13-9-15(24)23-17(18-13)19-16(22-23)11-6-4-3-5-7-11/h3-9H,2,10H2,1H3,(H,20,21)(H,18,19,22). The van der Waals surface area contributed by atoms with Crippen LogP contribution in [-0.4, -0.2) is 29.8 Å². The lowest BCUT2D eigenvalue weighted by Crippen LogP contribution is -2.16. The zero-order valence-corrected chi connectivity index (χ0v) is 13.6. The van der Waals surface area contributed by atoms with Gasteiger partial charge in [0.2, 0.25) is 5.88 Å². The molecule has 0 aliphatic carbocycles. The first-order chi connectivity index (χ1) is 12.2. The Labute approximate surface area is 142 Å². The van der Waals surface area contributed by atoms with Crippen LogP contribution < -0.4 is 10.3 Å². The third-order valence-electron chi connectivity index (χ3n) is 3.79. The predicted octanol–water partition coefficient (Wildman–Crippen LogP) is 1.95. The molecular weight excluding hydrogens is 320 g/mol. The fourth-order valence-corrected chi connectivity index (χ4v) is 2.47. The van der Waals surface area contributed by atoms with Crippen molar-refractivity contribution in [3.8, 4) is 17.3 Å². The van der Waals surface area contributed by atoms with E-state index >= 15 is 0 Å². The third-order valence-corrected chi connectivity index (χ3v) is 3.79. The van der Waals surface area contributed by atoms with E-state index in [1.165, 1.54) is 10.6 Å². The number of ether oxygens (including phenoxy) is 1. The molecule has 126 valence electrons. The highest BCUT2D eigenvalue weighted by atomic mass is 16.5. The molecule has 3 heterocycles. The molecule has 1 aromatic carbocycles. The van der Waals surface area contributed by atoms with Gasteiger partial charge < -0.3 is 4.74 Å². The van der Waals surface area contributed by atoms with Gasteiger partial charge in [0.15, 0.2) is 5.82 Å². The van der Waals surface area contributed by atoms with Gasteiger partial charge in [0, 0.05) is 23.4 Å². The number of aromatic amines is 2. The third kappa shape index (κ3) is 3.01. The summed E-state index contributed by atoms with van der Waals surface area (Å²) >= 11 is 0. The van der Waals surface area contributed by atoms with Crippen molar-refractivity contribution >= 4 is 5.78 Å². The molecule has 0 atom stereocenters. The fourth-order valence-electron chi connectivity index (χ4n) is 2.47. The van der Waals surface area contributed by atoms with Crippen LogP contribution in [0, 0.1) is 0 Å². The molecule has 0 fully saturated rings. The van der Waals surface area contributed by atoms with E-state index in [2.05, 4.69) is 25.3 Å². The minimum Gasteiger partial charge on any atom is -0.470 e. The lowest BCUT2D eigenvalue weighted by atomic mass is 10.2. The number of H-pyrrole nitrogens is 2. The molecule has 0 aliphatic rings. The Hall–Kier alpha value is -3.42. The summed E-state index contributed by atoms with van der Waals surface area (Å²) in [7, 11) is 0. The van der Waals surface area contributed by atoms with E-state index in [0.29, 0.717) is 23.2 Å². The van der Waals surface area contributed by atoms with Gasteiger partial charge in [-0.05, 0) is 6.42 Å². The highest BCUT2D eigenvalue weighted by Crippen LogP contribution is 2.14. The maximum atomic E-state index is 12.3. The van der Waals surface area contributed by atoms with Gasteiger partial charge in [0.25, 0.3) is 11.3 Å². The van der Waals surface area contributed by atoms with Crippen molar-refractivity contribution in [3.63, 3.8) is 0 Å². The molecule has 0 amide bonds. The minimum absolute atomic E-state index is 0.146. The molecule has 25 heavy (non-hydrogen) atoms. The second-order valence-corrected chi connectivity index (χ2v) is 5.53. The molecular formula is C17H16N6O2. The van der Waals surface area contributed by atoms with Crippen LogP contribution in [0.4, 0.5) is 0 Å². The number of hydrogen-bond acceptors (Lipinski definition) is 5. The van der Waals surface area contributed by atoms with Crippen molar-refractivity contribution in [1.82, 2.24) is 29.8 Å². The quantitative estimate of drug-likeness (QED) is 0.580. The van der Waals surface area contributed by atoms with E-state index in [1.54, 1.807) is 0 Å². The molecule has 0 saturated heterocycles. The molecule has 0 aliphatic heterocycles. The number of rotatable bonds is 5. The van der Waals surface area contributed by atoms with Crippen LogP contribution in [0.2, 0.25) is 0 Å². The van der Waals surface area contributed by atoms with Gasteiger partial charge in [0.1, 0.15) is 6.61 Å². The molecule has 4 rings (SSSR count). The largest absolute Gasteiger partial charge is 0.470 e. The van der Waals surface area contributed by atoms with E-state index in [4.69, 9.17) is 4.74 Å². The van der Waals surface area contributed by atoms with Gasteiger partial charge in [-0.3, -0.25) is 15.0 Å². The molecule has 0 bridgehead atoms. The molecule has 0 spiro atoms. The Kier molecular flexibility index (Phi) is 3.77. The number of hydrogen-bond donors (Lipinski definition) is 2. The zero-order chi connectivity index (χ0) is 17.2. The Bertz CT molecular complexity index is 1060. The van der Waals surface area contributed by atoms with E-state index in [-0.39, 0.29) is 12.2 Å². The molecule has 2 N–H and O–H groups in total. The number of aryl methyl sites for hydroxylation is 1. The zero-order valence-electron chi connectivity index (χ0n) is 13.6. The van der Waals surface area contributed by atoms with Crippen molar-refractivity contribution in [2.75, 3.05) is 0 Å². The van der Waals surface area contributed by atoms with Crippen molar-refractivity contribution in [1.29, 1.82) is 0 Å². The monoisotopic (exact) mass is 336 g/mol. The van der Waals surface area contributed by atoms with E-state index in [9.17, 15) is 4.79 Å². The molecule has 8 nitrogen and oxygen atoms in total. The Balaban J connectivity index is 1.61. The van der Waals surface area contributed by atoms with Crippen molar-refractivity contribution < 1.29 is 4.74 Å². The summed E-state index contributed by atoms with van der Waals surface area (Å²) in [6.45, 7) is 2.17. The molecule has 0 saturated carbocycles. The first-order valence-corrected chi connectivity index (χ1v) is 7.94. The summed E-state index contributed by atoms with van der Waals surface area (Å²) in [6.07, 6.45) is 0.845. The van der Waals surface area contributed by atoms with Gasteiger partial charge >= 0.3 is 0 Å². The molecule has 3 aromatic heterocycles. The van der Waals surface area contributed by atoms with E-state index in [1.807, 2.05) is 43.3 Å². The first kappa shape index (κ1) is 15.1. The second-order valence-electron chi connectivity index (χ2n) is 5.53. The van der Waals surface area contributed by atoms with Crippen molar-refractivity contribution in [2.24, 2.45) is 0 Å². The van der Waals surface area contributed by atoms with Crippen LogP contribution in [-0.2, 0) is 13.0 Å². The molecule has 4 aromatic rings. The fraction of sp³-hybridized carbons (Fsp3) is 0.176. The summed E-state index contributed by atoms with van der Waals surface area (Å²) in [4.78, 5) is 21.1. The SMILES string of the molecule is CCc1cc(OCc2cc(=O)n3[nH]c(-c4ccccc4)nc3n2)n[nH]1. The van der Waals surface area contributed by atoms with Crippen LogP contribution in [0.3, 0.4) is 0 Å². The topological polar surface area (TPSA) is 101 Å². The first-order valence-electron chi connectivity index (χ1n) is 7.94. The van der Waals surface area contributed by atoms with Crippen molar-refractivity contribution in [3.05, 3.63) is 64.2 Å². The van der Waals surface area contributed by atoms with Gasteiger partial charge in [-0.25, -0.2) is 4.98 Å². The van der Waals surface area contributed by atoms with Crippen LogP contribution >= 0.6 is 0 Å². The maximum Gasteiger partial charge on any atom is 0.274 e. The average Bonchev–Trinajstić information content (AvgIpc) is 3.27. The lowest BCUT2D eigenvalue weighted by molar-refractivity contribution is 0.288. The Morgan fingerprint density at radius 1 is 1.16 bits per heavy atom. The summed E-state index contributed by atoms with van der Waals surface area (Å²) in [5, 5.41) is 9.89. The van der Waals surface area contributed by atoms with Gasteiger partial charge in [0.05, 0.1) is 5.69 Å². The van der Waals surface area contributed by atoms with Gasteiger partial charge in [-0.2, -0.15) is 9.50 Å². The number of fused-ring (bicyclic) bond motifs is 1. The van der Waals surface area contributed by atoms with E-state index < -0.39 is 0 Å². The highest BCUT2D eigenvalue weighted by Gasteiger charge is 2.10. The molecule has 0 radical (unpaired) electrons. The second kappa shape index (κ2) is 6.23. The number of benzene rings is 1. The smallest absolute Gasteiger partial charge is 0.274 e. The molecule has 0 unspecified atom stereocenters. The predicted molar refractivity (Wildman–Crippen MR) is 91.3 cm³/mol. The normalized spacial score (nSPS) is 11.1. The highest BCUT2D eigenvalue weighted by molar-refractivity contribution is 5.56. The van der Waals surface area contributed by atoms with Crippen LogP contribution in [0.5, 0.6) is 5.88 Å². The summed E-state index contributed by atoms with van der Waals surface area (Å²) in [6, 6.07) is 12.8. The van der Waals surface area contributed by atoms with E-state index in [0.717, 1.165) is 17.7 Å². The minimum atomic E-state index is -0.241. The molecule has 8 heteroatoms. The average molecular weight is 336 g/mol. The Morgan fingerprint density at radius 3 is 2.76 bits per heavy atom. The number of nitrogens with zero attached hydrogens (tertiary/aromatic N) is 4. The Morgan fingerprint density at radius 2 is 2.00 bits per heavy atom. The van der Waals surface area contributed by atoms with Crippen LogP contribution in [0.1, 0.15) is 18.3 Å². The number of nitrogens with one attached hydrogen (secondary N) is 2. The number of aromatic nitrogens is 6. The van der Waals surface area contributed by atoms with Crippen LogP contribution in [0.25, 0.3) is 17.2 Å². The summed E-state index contributed by atoms with van der Waals surface area (Å²) in [5.41, 5.74) is 2.12. The van der Waals surface area contributed by atoms with Crippen molar-refractivity contribution in [2.45, 2.75) is 20.0 Å².